The summed E-state index contributed by atoms with van der Waals surface area (Å²) < 4.78 is 25.8. The Labute approximate surface area is 801 Å². The van der Waals surface area contributed by atoms with Gasteiger partial charge in [-0.2, -0.15) is 0 Å². The quantitative estimate of drug-likeness (QED) is 0.0207. The zero-order valence-electron chi connectivity index (χ0n) is 76.0. The third-order valence-corrected chi connectivity index (χ3v) is 49.2. The van der Waals surface area contributed by atoms with Crippen LogP contribution in [0.2, 0.25) is 0 Å². The number of rotatable bonds is 19. The van der Waals surface area contributed by atoms with Crippen molar-refractivity contribution in [3.8, 4) is 23.0 Å². The van der Waals surface area contributed by atoms with Gasteiger partial charge in [-0.15, -0.1) is 36.4 Å². The van der Waals surface area contributed by atoms with E-state index in [0.717, 1.165) is 86.9 Å². The first kappa shape index (κ1) is 106. The summed E-state index contributed by atoms with van der Waals surface area (Å²) in [4.78, 5) is 0. The molecule has 9 fully saturated rings. The van der Waals surface area contributed by atoms with E-state index in [1.165, 1.54) is 50.9 Å². The fraction of sp³-hybridized carbons (Fsp3) is 0.619. The van der Waals surface area contributed by atoms with Gasteiger partial charge in [0, 0.05) is 23.8 Å². The Hall–Kier alpha value is -0.520. The Morgan fingerprint density at radius 3 is 0.959 bits per heavy atom. The van der Waals surface area contributed by atoms with Crippen LogP contribution < -0.4 is 14.2 Å². The third-order valence-electron chi connectivity index (χ3n) is 27.5. The van der Waals surface area contributed by atoms with Gasteiger partial charge in [0.1, 0.15) is 0 Å². The number of aliphatic hydroxyl groups is 1. The molecule has 5 aromatic carbocycles. The fourth-order valence-electron chi connectivity index (χ4n) is 22.5. The molecular weight excluding hydrogens is 2000 g/mol. The van der Waals surface area contributed by atoms with Crippen molar-refractivity contribution in [2.75, 3.05) is 12.4 Å². The molecule has 9 saturated carbocycles. The van der Waals surface area contributed by atoms with Gasteiger partial charge in [-0.1, -0.05) is 57.8 Å². The Kier molecular flexibility index (Phi) is 51.2. The van der Waals surface area contributed by atoms with Gasteiger partial charge >= 0.3 is 404 Å². The van der Waals surface area contributed by atoms with Crippen LogP contribution in [-0.2, 0) is 40.6 Å². The van der Waals surface area contributed by atoms with E-state index in [4.69, 9.17) is 100 Å². The normalized spacial score (nSPS) is 20.1. The van der Waals surface area contributed by atoms with Crippen LogP contribution >= 0.6 is 105 Å². The molecule has 16 rings (SSSR count). The van der Waals surface area contributed by atoms with Gasteiger partial charge in [0.05, 0.1) is 56.3 Å². The molecule has 0 aromatic heterocycles. The second-order valence-electron chi connectivity index (χ2n) is 37.0. The topological polar surface area (TPSA) is 40.5 Å². The summed E-state index contributed by atoms with van der Waals surface area (Å²) in [5.41, 5.74) is 21.8. The molecule has 5 aromatic rings. The average Bonchev–Trinajstić information content (AvgIpc) is 1.61. The summed E-state index contributed by atoms with van der Waals surface area (Å²) in [5.74, 6) is 3.38. The van der Waals surface area contributed by atoms with E-state index in [0.29, 0.717) is 0 Å². The number of alkyl halides is 2. The number of aromatic hydroxyl groups is 1. The van der Waals surface area contributed by atoms with Crippen molar-refractivity contribution in [1.29, 1.82) is 0 Å². The van der Waals surface area contributed by atoms with E-state index < -0.39 is 40.6 Å². The predicted octanol–water partition coefficient (Wildman–Crippen LogP) is 35.2. The van der Waals surface area contributed by atoms with Crippen LogP contribution in [0.4, 0.5) is 0 Å². The summed E-state index contributed by atoms with van der Waals surface area (Å²) in [6.45, 7) is 22.3. The fourth-order valence-corrected chi connectivity index (χ4v) is 44.9. The summed E-state index contributed by atoms with van der Waals surface area (Å²) in [6, 6.07) is 36.3. The Bertz CT molecular complexity index is 3740. The number of halogens is 8. The predicted molar refractivity (Wildman–Crippen MR) is 549 cm³/mol. The molecule has 0 bridgehead atoms. The zero-order valence-corrected chi connectivity index (χ0v) is 90.2. The van der Waals surface area contributed by atoms with Gasteiger partial charge in [0.15, 0.2) is 0 Å². The van der Waals surface area contributed by atoms with Crippen molar-refractivity contribution >= 4 is 129 Å². The molecule has 0 radical (unpaired) electrons. The minimum atomic E-state index is -2.10. The standard InChI is InChI=1S/C21H22O2.3C18H33P.C17H13O.C10H12O.C2H4.CH2Cl2.6ClH.3Ru/c1-14(2)22-17-12-20-18(16-8-6-5-7-9-16)10-11-19(20)21(13-17)23-15(3)4;3*1-4-10-16(11-5-1)19(17-12-6-2-7-13-17)18-14-8-3-9-15-18;1-12-10-14(18-2)11-17-15(12)8-9-16(17)13-6-4-3-5-7-13;1-8(2)11-10-7-5-4-6-9(10)3;1-2;2-1-3;;;;;;;;;/h5-10,12-15H,1-4H3;3*16-18H,1-15H2;3-7,9-11H,1H2,2H3;3-8H,1-2H3;1-2H2;1H2;6*1H;;;/q;;;;+1;;;;;;;;;;3*+2/p-2. The van der Waals surface area contributed by atoms with Crippen LogP contribution in [0.3, 0.4) is 0 Å². The van der Waals surface area contributed by atoms with Crippen molar-refractivity contribution in [3.63, 3.8) is 0 Å². The van der Waals surface area contributed by atoms with Crippen molar-refractivity contribution in [1.82, 2.24) is 0 Å². The number of hydrogen-bond donors (Lipinski definition) is 0. The summed E-state index contributed by atoms with van der Waals surface area (Å²) in [6.07, 6.45) is 76.0. The Morgan fingerprint density at radius 2 is 0.675 bits per heavy atom. The number of hydrogen-bond acceptors (Lipinski definition) is 3. The van der Waals surface area contributed by atoms with Crippen LogP contribution in [0.1, 0.15) is 375 Å². The molecule has 0 heterocycles. The van der Waals surface area contributed by atoms with Gasteiger partial charge in [-0.05, 0) is 231 Å². The van der Waals surface area contributed by atoms with Crippen molar-refractivity contribution < 1.29 is 59.5 Å². The first-order chi connectivity index (χ1) is 59.8. The van der Waals surface area contributed by atoms with E-state index in [-0.39, 0.29) is 47.4 Å². The Morgan fingerprint density at radius 1 is 0.390 bits per heavy atom. The molecule has 4 nitrogen and oxygen atoms in total. The molecular formula is C105H156Cl8O4P3Ru3+5. The molecule has 0 aliphatic heterocycles. The first-order valence-electron chi connectivity index (χ1n) is 48.0. The molecule has 0 saturated heterocycles. The molecule has 18 heteroatoms. The van der Waals surface area contributed by atoms with Crippen LogP contribution in [-0.4, -0.2) is 99.3 Å². The van der Waals surface area contributed by atoms with Crippen molar-refractivity contribution in [2.24, 2.45) is 0 Å². The monoisotopic (exact) mass is 2160 g/mol. The van der Waals surface area contributed by atoms with E-state index in [1.807, 2.05) is 111 Å². The zero-order chi connectivity index (χ0) is 87.8. The van der Waals surface area contributed by atoms with Gasteiger partial charge < -0.3 is 0 Å². The number of allylic oxidation sites excluding steroid dienone is 2. The van der Waals surface area contributed by atoms with Gasteiger partial charge in [-0.3, -0.25) is 0 Å². The third kappa shape index (κ3) is 34.4. The van der Waals surface area contributed by atoms with Gasteiger partial charge in [0.2, 0.25) is 0 Å². The van der Waals surface area contributed by atoms with E-state index in [2.05, 4.69) is 76.4 Å². The molecule has 11 aliphatic carbocycles. The SMILES string of the molecule is C1CCC([PH+](C2CCCCC2)C2CCCCC2)CC1.C1CCC([PH+](C2CCCCC2)C2CCCCC2)CC1.C1CCC([PH+](C2CCCCC2)C2CCCCC2)CC1.C=C.CC(C)Oc1cc([OH+]C(C)C)c2c(c1)C(c1ccccc1)=C[C]2=[Ru]([Cl])[Cl].CC(C)Oc1ccccc1[CH]=[Ru]([Cl])[Cl].ClCCl.[CH2+]c1cc(OC)cc2c1[C](=[Ru]([Cl])[Cl])C=C2c1ccccc1. The summed E-state index contributed by atoms with van der Waals surface area (Å²) >= 11 is 3.64. The summed E-state index contributed by atoms with van der Waals surface area (Å²) in [5, 5.41) is 0.194. The molecule has 0 amide bonds. The van der Waals surface area contributed by atoms with E-state index in [9.17, 15) is 0 Å². The maximum absolute atomic E-state index is 6.45. The van der Waals surface area contributed by atoms with Crippen LogP contribution in [0, 0.1) is 6.92 Å². The van der Waals surface area contributed by atoms with E-state index in [1.54, 1.807) is 296 Å². The number of benzene rings is 5. The van der Waals surface area contributed by atoms with Crippen molar-refractivity contribution in [2.45, 2.75) is 400 Å². The number of para-hydroxylation sites is 1. The molecule has 1 N–H and O–H groups in total. The van der Waals surface area contributed by atoms with Gasteiger partial charge in [0.25, 0.3) is 0 Å². The van der Waals surface area contributed by atoms with Crippen LogP contribution in [0.15, 0.2) is 135 Å². The summed E-state index contributed by atoms with van der Waals surface area (Å²) in [7, 11) is 38.6. The second kappa shape index (κ2) is 59.3. The number of ether oxygens (including phenoxy) is 4. The van der Waals surface area contributed by atoms with Gasteiger partial charge in [-0.25, -0.2) is 0 Å². The van der Waals surface area contributed by atoms with Crippen LogP contribution in [0.5, 0.6) is 23.0 Å². The molecule has 690 valence electrons. The number of fused-ring (bicyclic) bond motifs is 2. The number of methoxy groups -OCH3 is 1. The molecule has 123 heavy (non-hydrogen) atoms. The average molecular weight is 2160 g/mol. The first-order valence-corrected chi connectivity index (χ1v) is 70.5. The van der Waals surface area contributed by atoms with Crippen molar-refractivity contribution in [3.05, 3.63) is 186 Å². The minimum absolute atomic E-state index is 0.0465. The molecule has 11 aliphatic rings. The molecule has 0 atom stereocenters. The second-order valence-corrected chi connectivity index (χ2v) is 65.5. The van der Waals surface area contributed by atoms with E-state index >= 15 is 0 Å². The molecule has 0 unspecified atom stereocenters. The molecule has 0 spiro atoms. The Balaban J connectivity index is 0.000000167. The maximum atomic E-state index is 6.45. The van der Waals surface area contributed by atoms with Crippen LogP contribution in [0.25, 0.3) is 11.1 Å².